The van der Waals surface area contributed by atoms with E-state index in [-0.39, 0.29) is 17.7 Å². The number of hydrogen-bond acceptors (Lipinski definition) is 3. The van der Waals surface area contributed by atoms with Crippen molar-refractivity contribution in [2.75, 3.05) is 0 Å². The Morgan fingerprint density at radius 3 is 2.17 bits per heavy atom. The van der Waals surface area contributed by atoms with Crippen molar-refractivity contribution in [3.05, 3.63) is 11.6 Å². The Bertz CT molecular complexity index is 533. The number of hydrogen-bond donors (Lipinski definition) is 0. The number of ether oxygens (including phenoxy) is 1. The molecule has 4 saturated carbocycles. The SMILES string of the molecule is CC(=O)[C@]1(OC(=O)C2C3CC4CC(C3)CC2C4)CC=C(C)CC1. The standard InChI is InChI=1S/C20H28O3/c1-12-3-5-20(6-4-12,13(2)21)23-19(22)18-16-8-14-7-15(10-16)11-17(18)9-14/h3,14-18H,4-11H2,1-2H3/t14?,15?,16?,17?,18?,20-/m0/s1. The smallest absolute Gasteiger partial charge is 0.310 e. The summed E-state index contributed by atoms with van der Waals surface area (Å²) in [5, 5.41) is 0. The molecule has 1 atom stereocenters. The average Bonchev–Trinajstić information content (AvgIpc) is 2.48. The summed E-state index contributed by atoms with van der Waals surface area (Å²) in [6.45, 7) is 3.67. The Morgan fingerprint density at radius 2 is 1.70 bits per heavy atom. The van der Waals surface area contributed by atoms with E-state index in [2.05, 4.69) is 13.0 Å². The van der Waals surface area contributed by atoms with E-state index >= 15 is 0 Å². The molecular weight excluding hydrogens is 288 g/mol. The predicted octanol–water partition coefficient (Wildman–Crippen LogP) is 4.06. The quantitative estimate of drug-likeness (QED) is 0.582. The highest BCUT2D eigenvalue weighted by atomic mass is 16.6. The van der Waals surface area contributed by atoms with Crippen LogP contribution in [0.2, 0.25) is 0 Å². The third kappa shape index (κ3) is 2.56. The van der Waals surface area contributed by atoms with Gasteiger partial charge in [-0.05, 0) is 82.5 Å². The normalized spacial score (nSPS) is 44.8. The summed E-state index contributed by atoms with van der Waals surface area (Å²) in [4.78, 5) is 25.2. The highest BCUT2D eigenvalue weighted by Crippen LogP contribution is 2.57. The van der Waals surface area contributed by atoms with E-state index in [1.54, 1.807) is 6.92 Å². The summed E-state index contributed by atoms with van der Waals surface area (Å²) < 4.78 is 5.98. The minimum absolute atomic E-state index is 0.0124. The van der Waals surface area contributed by atoms with Gasteiger partial charge in [-0.15, -0.1) is 0 Å². The maximum Gasteiger partial charge on any atom is 0.310 e. The Morgan fingerprint density at radius 1 is 1.09 bits per heavy atom. The van der Waals surface area contributed by atoms with Gasteiger partial charge in [-0.1, -0.05) is 11.6 Å². The molecule has 0 aromatic rings. The molecular formula is C20H28O3. The van der Waals surface area contributed by atoms with Crippen LogP contribution in [0, 0.1) is 29.6 Å². The molecule has 4 bridgehead atoms. The summed E-state index contributed by atoms with van der Waals surface area (Å²) in [6.07, 6.45) is 10.4. The molecule has 5 rings (SSSR count). The zero-order chi connectivity index (χ0) is 16.2. The fourth-order valence-electron chi connectivity index (χ4n) is 6.00. The molecule has 0 unspecified atom stereocenters. The number of Topliss-reactive ketones (excluding diaryl/α,β-unsaturated/α-hetero) is 1. The molecule has 0 radical (unpaired) electrons. The van der Waals surface area contributed by atoms with Crippen LogP contribution in [0.3, 0.4) is 0 Å². The van der Waals surface area contributed by atoms with Gasteiger partial charge in [-0.2, -0.15) is 0 Å². The number of ketones is 1. The Kier molecular flexibility index (Phi) is 3.66. The van der Waals surface area contributed by atoms with Crippen molar-refractivity contribution in [2.45, 2.75) is 70.8 Å². The molecule has 0 aliphatic heterocycles. The molecule has 0 heterocycles. The molecule has 4 fully saturated rings. The lowest BCUT2D eigenvalue weighted by atomic mass is 9.52. The van der Waals surface area contributed by atoms with Crippen molar-refractivity contribution in [2.24, 2.45) is 29.6 Å². The second-order valence-corrected chi connectivity index (χ2v) is 8.68. The fraction of sp³-hybridized carbons (Fsp3) is 0.800. The highest BCUT2D eigenvalue weighted by Gasteiger charge is 2.53. The molecule has 5 aliphatic carbocycles. The zero-order valence-electron chi connectivity index (χ0n) is 14.3. The molecule has 126 valence electrons. The summed E-state index contributed by atoms with van der Waals surface area (Å²) in [6, 6.07) is 0. The molecule has 0 N–H and O–H groups in total. The van der Waals surface area contributed by atoms with Gasteiger partial charge in [0.05, 0.1) is 5.92 Å². The summed E-state index contributed by atoms with van der Waals surface area (Å²) in [7, 11) is 0. The average molecular weight is 316 g/mol. The number of carbonyl (C=O) groups excluding carboxylic acids is 2. The van der Waals surface area contributed by atoms with E-state index in [9.17, 15) is 9.59 Å². The molecule has 0 saturated heterocycles. The van der Waals surface area contributed by atoms with Crippen LogP contribution in [0.5, 0.6) is 0 Å². The third-order valence-electron chi connectivity index (χ3n) is 7.14. The number of carbonyl (C=O) groups is 2. The lowest BCUT2D eigenvalue weighted by Crippen LogP contribution is -2.51. The minimum atomic E-state index is -0.884. The molecule has 0 aromatic heterocycles. The third-order valence-corrected chi connectivity index (χ3v) is 7.14. The van der Waals surface area contributed by atoms with Gasteiger partial charge in [0.25, 0.3) is 0 Å². The van der Waals surface area contributed by atoms with Crippen molar-refractivity contribution in [1.29, 1.82) is 0 Å². The second-order valence-electron chi connectivity index (χ2n) is 8.68. The van der Waals surface area contributed by atoms with Crippen molar-refractivity contribution in [3.63, 3.8) is 0 Å². The largest absolute Gasteiger partial charge is 0.450 e. The van der Waals surface area contributed by atoms with Gasteiger partial charge in [0.15, 0.2) is 11.4 Å². The first-order valence-corrected chi connectivity index (χ1v) is 9.36. The van der Waals surface area contributed by atoms with Crippen LogP contribution in [0.15, 0.2) is 11.6 Å². The van der Waals surface area contributed by atoms with E-state index in [4.69, 9.17) is 4.74 Å². The van der Waals surface area contributed by atoms with E-state index < -0.39 is 5.60 Å². The van der Waals surface area contributed by atoms with Gasteiger partial charge in [0.2, 0.25) is 0 Å². The second kappa shape index (κ2) is 5.46. The van der Waals surface area contributed by atoms with Gasteiger partial charge in [0.1, 0.15) is 0 Å². The highest BCUT2D eigenvalue weighted by molar-refractivity contribution is 5.88. The van der Waals surface area contributed by atoms with Crippen LogP contribution in [0.1, 0.15) is 65.2 Å². The molecule has 0 aromatic carbocycles. The topological polar surface area (TPSA) is 43.4 Å². The van der Waals surface area contributed by atoms with Crippen LogP contribution < -0.4 is 0 Å². The van der Waals surface area contributed by atoms with Crippen LogP contribution in [-0.2, 0) is 14.3 Å². The summed E-state index contributed by atoms with van der Waals surface area (Å²) in [5.74, 6) is 2.74. The van der Waals surface area contributed by atoms with Crippen molar-refractivity contribution < 1.29 is 14.3 Å². The molecule has 5 aliphatic rings. The van der Waals surface area contributed by atoms with Crippen LogP contribution in [-0.4, -0.2) is 17.4 Å². The number of allylic oxidation sites excluding steroid dienone is 1. The minimum Gasteiger partial charge on any atom is -0.450 e. The maximum absolute atomic E-state index is 13.0. The summed E-state index contributed by atoms with van der Waals surface area (Å²) >= 11 is 0. The maximum atomic E-state index is 13.0. The van der Waals surface area contributed by atoms with Crippen LogP contribution >= 0.6 is 0 Å². The summed E-state index contributed by atoms with van der Waals surface area (Å²) in [5.41, 5.74) is 0.415. The van der Waals surface area contributed by atoms with Crippen LogP contribution in [0.4, 0.5) is 0 Å². The van der Waals surface area contributed by atoms with Gasteiger partial charge >= 0.3 is 5.97 Å². The van der Waals surface area contributed by atoms with E-state index in [0.717, 1.165) is 18.3 Å². The zero-order valence-corrected chi connectivity index (χ0v) is 14.3. The first kappa shape index (κ1) is 15.4. The van der Waals surface area contributed by atoms with Gasteiger partial charge in [-0.3, -0.25) is 9.59 Å². The van der Waals surface area contributed by atoms with Gasteiger partial charge in [0, 0.05) is 6.42 Å². The van der Waals surface area contributed by atoms with Gasteiger partial charge < -0.3 is 4.74 Å². The van der Waals surface area contributed by atoms with Crippen molar-refractivity contribution in [1.82, 2.24) is 0 Å². The Balaban J connectivity index is 1.52. The first-order valence-electron chi connectivity index (χ1n) is 9.36. The fourth-order valence-corrected chi connectivity index (χ4v) is 6.00. The lowest BCUT2D eigenvalue weighted by molar-refractivity contribution is -0.182. The Hall–Kier alpha value is -1.12. The van der Waals surface area contributed by atoms with E-state index in [1.165, 1.54) is 37.7 Å². The molecule has 23 heavy (non-hydrogen) atoms. The number of esters is 1. The van der Waals surface area contributed by atoms with Crippen LogP contribution in [0.25, 0.3) is 0 Å². The molecule has 3 heteroatoms. The predicted molar refractivity (Wildman–Crippen MR) is 87.6 cm³/mol. The first-order chi connectivity index (χ1) is 11.0. The monoisotopic (exact) mass is 316 g/mol. The molecule has 3 nitrogen and oxygen atoms in total. The lowest BCUT2D eigenvalue weighted by Gasteiger charge is -2.53. The molecule has 0 amide bonds. The van der Waals surface area contributed by atoms with E-state index in [1.807, 2.05) is 0 Å². The van der Waals surface area contributed by atoms with Crippen molar-refractivity contribution in [3.8, 4) is 0 Å². The van der Waals surface area contributed by atoms with E-state index in [0.29, 0.717) is 24.7 Å². The molecule has 0 spiro atoms. The van der Waals surface area contributed by atoms with Gasteiger partial charge in [-0.25, -0.2) is 0 Å². The Labute approximate surface area is 138 Å². The number of rotatable bonds is 3. The van der Waals surface area contributed by atoms with Crippen molar-refractivity contribution >= 4 is 11.8 Å².